The Balaban J connectivity index is 1.32. The molecule has 7 heteroatoms. The van der Waals surface area contributed by atoms with Crippen molar-refractivity contribution in [2.24, 2.45) is 0 Å². The van der Waals surface area contributed by atoms with Gasteiger partial charge in [-0.1, -0.05) is 13.0 Å². The second-order valence-corrected chi connectivity index (χ2v) is 7.89. The Kier molecular flexibility index (Phi) is 7.89. The van der Waals surface area contributed by atoms with Gasteiger partial charge in [0.25, 0.3) is 5.91 Å². The Morgan fingerprint density at radius 2 is 1.86 bits per heavy atom. The van der Waals surface area contributed by atoms with E-state index in [1.807, 2.05) is 25.1 Å². The first kappa shape index (κ1) is 21.6. The van der Waals surface area contributed by atoms with Gasteiger partial charge in [0.15, 0.2) is 6.61 Å². The third kappa shape index (κ3) is 6.18. The lowest BCUT2D eigenvalue weighted by Crippen LogP contribution is -2.46. The number of piperazine rings is 1. The van der Waals surface area contributed by atoms with Gasteiger partial charge in [0.05, 0.1) is 5.69 Å². The average molecular weight is 403 g/mol. The predicted molar refractivity (Wildman–Crippen MR) is 114 cm³/mol. The molecule has 1 N–H and O–H groups in total. The van der Waals surface area contributed by atoms with Crippen LogP contribution in [0.15, 0.2) is 18.2 Å². The quantitative estimate of drug-likeness (QED) is 0.636. The largest absolute Gasteiger partial charge is 0.482 e. The molecule has 2 aliphatic rings. The normalized spacial score (nSPS) is 17.7. The van der Waals surface area contributed by atoms with Crippen molar-refractivity contribution in [1.82, 2.24) is 15.1 Å². The number of aryl methyl sites for hydroxylation is 1. The molecule has 0 saturated carbocycles. The van der Waals surface area contributed by atoms with Crippen LogP contribution in [0.3, 0.4) is 0 Å². The summed E-state index contributed by atoms with van der Waals surface area (Å²) in [4.78, 5) is 31.1. The van der Waals surface area contributed by atoms with Crippen LogP contribution in [0.4, 0.5) is 5.69 Å². The molecule has 1 fully saturated rings. The molecule has 7 nitrogen and oxygen atoms in total. The monoisotopic (exact) mass is 402 g/mol. The van der Waals surface area contributed by atoms with E-state index in [0.717, 1.165) is 62.7 Å². The maximum atomic E-state index is 12.2. The maximum Gasteiger partial charge on any atom is 0.265 e. The van der Waals surface area contributed by atoms with Crippen molar-refractivity contribution >= 4 is 17.5 Å². The summed E-state index contributed by atoms with van der Waals surface area (Å²) in [5, 5.41) is 3.02. The lowest BCUT2D eigenvalue weighted by molar-refractivity contribution is -0.122. The summed E-state index contributed by atoms with van der Waals surface area (Å²) >= 11 is 0. The Hall–Kier alpha value is -2.12. The van der Waals surface area contributed by atoms with E-state index in [1.54, 1.807) is 4.90 Å². The van der Waals surface area contributed by atoms with Gasteiger partial charge in [0.1, 0.15) is 5.75 Å². The zero-order valence-electron chi connectivity index (χ0n) is 17.8. The van der Waals surface area contributed by atoms with Gasteiger partial charge in [-0.2, -0.15) is 0 Å². The highest BCUT2D eigenvalue weighted by Crippen LogP contribution is 2.32. The summed E-state index contributed by atoms with van der Waals surface area (Å²) in [7, 11) is 0. The second kappa shape index (κ2) is 10.6. The van der Waals surface area contributed by atoms with Crippen molar-refractivity contribution in [1.29, 1.82) is 0 Å². The number of hydrogen-bond donors (Lipinski definition) is 1. The number of ether oxygens (including phenoxy) is 1. The minimum Gasteiger partial charge on any atom is -0.482 e. The topological polar surface area (TPSA) is 65.1 Å². The highest BCUT2D eigenvalue weighted by Gasteiger charge is 2.25. The summed E-state index contributed by atoms with van der Waals surface area (Å²) in [6.07, 6.45) is 2.05. The zero-order valence-corrected chi connectivity index (χ0v) is 17.8. The van der Waals surface area contributed by atoms with Crippen molar-refractivity contribution in [2.45, 2.75) is 33.1 Å². The summed E-state index contributed by atoms with van der Waals surface area (Å²) in [6, 6.07) is 5.84. The standard InChI is InChI=1S/C22H34N4O3/c1-3-24-12-14-25(15-13-24)10-5-9-23-21(27)6-4-11-26-19-16-18(2)7-8-20(19)29-17-22(26)28/h7-8,16H,3-6,9-15,17H2,1-2H3,(H,23,27). The summed E-state index contributed by atoms with van der Waals surface area (Å²) in [6.45, 7) is 12.2. The third-order valence-electron chi connectivity index (χ3n) is 5.73. The number of anilines is 1. The van der Waals surface area contributed by atoms with E-state index < -0.39 is 0 Å². The van der Waals surface area contributed by atoms with E-state index in [4.69, 9.17) is 4.74 Å². The Morgan fingerprint density at radius 3 is 2.62 bits per heavy atom. The van der Waals surface area contributed by atoms with Crippen LogP contribution in [0, 0.1) is 6.92 Å². The van der Waals surface area contributed by atoms with E-state index in [0.29, 0.717) is 25.9 Å². The van der Waals surface area contributed by atoms with Gasteiger partial charge in [-0.25, -0.2) is 0 Å². The van der Waals surface area contributed by atoms with Gasteiger partial charge >= 0.3 is 0 Å². The Bertz CT molecular complexity index is 701. The number of hydrogen-bond acceptors (Lipinski definition) is 5. The van der Waals surface area contributed by atoms with Crippen LogP contribution in [0.5, 0.6) is 5.75 Å². The SMILES string of the molecule is CCN1CCN(CCCNC(=O)CCCN2C(=O)COc3ccc(C)cc32)CC1. The fourth-order valence-corrected chi connectivity index (χ4v) is 3.90. The molecule has 0 bridgehead atoms. The van der Waals surface area contributed by atoms with Crippen LogP contribution in [0.1, 0.15) is 31.7 Å². The molecule has 3 rings (SSSR count). The molecule has 2 amide bonds. The minimum atomic E-state index is -0.0494. The first-order valence-electron chi connectivity index (χ1n) is 10.8. The van der Waals surface area contributed by atoms with Crippen molar-refractivity contribution in [2.75, 3.05) is 63.9 Å². The molecule has 1 saturated heterocycles. The third-order valence-corrected chi connectivity index (χ3v) is 5.73. The number of nitrogens with one attached hydrogen (secondary N) is 1. The molecule has 160 valence electrons. The first-order valence-corrected chi connectivity index (χ1v) is 10.8. The van der Waals surface area contributed by atoms with Crippen LogP contribution in [-0.4, -0.2) is 80.6 Å². The Labute approximate surface area is 174 Å². The molecular weight excluding hydrogens is 368 g/mol. The predicted octanol–water partition coefficient (Wildman–Crippen LogP) is 1.64. The molecule has 29 heavy (non-hydrogen) atoms. The number of benzene rings is 1. The van der Waals surface area contributed by atoms with Crippen molar-refractivity contribution < 1.29 is 14.3 Å². The molecule has 2 aliphatic heterocycles. The highest BCUT2D eigenvalue weighted by molar-refractivity contribution is 5.97. The van der Waals surface area contributed by atoms with Crippen LogP contribution in [0.2, 0.25) is 0 Å². The van der Waals surface area contributed by atoms with Gasteiger partial charge < -0.3 is 24.8 Å². The van der Waals surface area contributed by atoms with Gasteiger partial charge in [0, 0.05) is 45.7 Å². The number of nitrogens with zero attached hydrogens (tertiary/aromatic N) is 3. The van der Waals surface area contributed by atoms with Gasteiger partial charge in [-0.05, 0) is 50.6 Å². The lowest BCUT2D eigenvalue weighted by Gasteiger charge is -2.33. The average Bonchev–Trinajstić information content (AvgIpc) is 2.73. The molecule has 0 atom stereocenters. The van der Waals surface area contributed by atoms with E-state index in [1.165, 1.54) is 0 Å². The molecule has 0 spiro atoms. The number of carbonyl (C=O) groups is 2. The van der Waals surface area contributed by atoms with Crippen LogP contribution < -0.4 is 15.0 Å². The van der Waals surface area contributed by atoms with Crippen molar-refractivity contribution in [3.63, 3.8) is 0 Å². The molecule has 0 radical (unpaired) electrons. The molecule has 0 unspecified atom stereocenters. The summed E-state index contributed by atoms with van der Waals surface area (Å²) in [5.41, 5.74) is 1.89. The number of carbonyl (C=O) groups excluding carboxylic acids is 2. The van der Waals surface area contributed by atoms with E-state index in [2.05, 4.69) is 22.0 Å². The number of fused-ring (bicyclic) bond motifs is 1. The van der Waals surface area contributed by atoms with Crippen molar-refractivity contribution in [3.05, 3.63) is 23.8 Å². The highest BCUT2D eigenvalue weighted by atomic mass is 16.5. The fourth-order valence-electron chi connectivity index (χ4n) is 3.90. The number of amides is 2. The second-order valence-electron chi connectivity index (χ2n) is 7.89. The number of likely N-dealkylation sites (N-methyl/N-ethyl adjacent to an activating group) is 1. The van der Waals surface area contributed by atoms with Gasteiger partial charge in [0.2, 0.25) is 5.91 Å². The van der Waals surface area contributed by atoms with Crippen LogP contribution in [0.25, 0.3) is 0 Å². The van der Waals surface area contributed by atoms with Crippen LogP contribution >= 0.6 is 0 Å². The molecule has 0 aromatic heterocycles. The van der Waals surface area contributed by atoms with Crippen LogP contribution in [-0.2, 0) is 9.59 Å². The molecule has 1 aromatic carbocycles. The van der Waals surface area contributed by atoms with Gasteiger partial charge in [-0.15, -0.1) is 0 Å². The van der Waals surface area contributed by atoms with E-state index in [-0.39, 0.29) is 18.4 Å². The van der Waals surface area contributed by atoms with Crippen molar-refractivity contribution in [3.8, 4) is 5.75 Å². The zero-order chi connectivity index (χ0) is 20.6. The molecule has 1 aromatic rings. The first-order chi connectivity index (χ1) is 14.1. The summed E-state index contributed by atoms with van der Waals surface area (Å²) in [5.74, 6) is 0.747. The molecule has 0 aliphatic carbocycles. The Morgan fingerprint density at radius 1 is 1.10 bits per heavy atom. The molecular formula is C22H34N4O3. The van der Waals surface area contributed by atoms with E-state index in [9.17, 15) is 9.59 Å². The fraction of sp³-hybridized carbons (Fsp3) is 0.636. The van der Waals surface area contributed by atoms with E-state index >= 15 is 0 Å². The number of rotatable bonds is 9. The summed E-state index contributed by atoms with van der Waals surface area (Å²) < 4.78 is 5.50. The van der Waals surface area contributed by atoms with Gasteiger partial charge in [-0.3, -0.25) is 9.59 Å². The minimum absolute atomic E-state index is 0.0494. The molecule has 2 heterocycles. The lowest BCUT2D eigenvalue weighted by atomic mass is 10.1. The smallest absolute Gasteiger partial charge is 0.265 e. The maximum absolute atomic E-state index is 12.2.